The molecule has 0 spiro atoms. The maximum Gasteiger partial charge on any atom is 0.184 e. The summed E-state index contributed by atoms with van der Waals surface area (Å²) >= 11 is 0. The molecule has 0 aliphatic heterocycles. The summed E-state index contributed by atoms with van der Waals surface area (Å²) in [7, 11) is -1.74. The molecule has 0 aliphatic rings. The van der Waals surface area contributed by atoms with Crippen LogP contribution in [0.4, 0.5) is 0 Å². The molecule has 0 N–H and O–H groups in total. The van der Waals surface area contributed by atoms with E-state index in [1.807, 2.05) is 13.0 Å². The zero-order valence-corrected chi connectivity index (χ0v) is 14.8. The average molecular weight is 356 g/mol. The zero-order chi connectivity index (χ0) is 17.8. The van der Waals surface area contributed by atoms with Crippen LogP contribution in [0.15, 0.2) is 35.6 Å². The molecule has 0 fully saturated rings. The van der Waals surface area contributed by atoms with Gasteiger partial charge in [0.05, 0.1) is 5.75 Å². The summed E-state index contributed by atoms with van der Waals surface area (Å²) in [4.78, 5) is 13.3. The van der Waals surface area contributed by atoms with E-state index in [0.717, 1.165) is 5.56 Å². The Bertz CT molecular complexity index is 1220. The molecule has 4 rings (SSSR count). The van der Waals surface area contributed by atoms with Crippen molar-refractivity contribution in [1.82, 2.24) is 29.1 Å². The predicted molar refractivity (Wildman–Crippen MR) is 93.0 cm³/mol. The molecule has 9 heteroatoms. The lowest BCUT2D eigenvalue weighted by atomic mass is 10.3. The van der Waals surface area contributed by atoms with E-state index in [1.165, 1.54) is 4.52 Å². The second-order valence-electron chi connectivity index (χ2n) is 5.82. The van der Waals surface area contributed by atoms with Crippen LogP contribution in [0, 0.1) is 6.92 Å². The number of sulfone groups is 1. The molecule has 0 amide bonds. The Labute approximate surface area is 144 Å². The lowest BCUT2D eigenvalue weighted by Gasteiger charge is -2.03. The maximum absolute atomic E-state index is 12.7. The van der Waals surface area contributed by atoms with Gasteiger partial charge in [-0.15, -0.1) is 0 Å². The minimum Gasteiger partial charge on any atom is -0.310 e. The van der Waals surface area contributed by atoms with Crippen molar-refractivity contribution in [2.45, 2.75) is 18.7 Å². The smallest absolute Gasteiger partial charge is 0.184 e. The number of nitrogens with zero attached hydrogens (tertiary/aromatic N) is 6. The van der Waals surface area contributed by atoms with E-state index in [4.69, 9.17) is 0 Å². The maximum atomic E-state index is 12.7. The van der Waals surface area contributed by atoms with Gasteiger partial charge in [0.2, 0.25) is 0 Å². The van der Waals surface area contributed by atoms with E-state index in [-0.39, 0.29) is 10.6 Å². The second kappa shape index (κ2) is 5.35. The zero-order valence-electron chi connectivity index (χ0n) is 14.0. The Hall–Kier alpha value is -2.81. The fourth-order valence-electron chi connectivity index (χ4n) is 2.83. The summed E-state index contributed by atoms with van der Waals surface area (Å²) in [5, 5.41) is 4.44. The summed E-state index contributed by atoms with van der Waals surface area (Å²) in [6.07, 6.45) is 4.98. The first kappa shape index (κ1) is 15.7. The standard InChI is InChI=1S/C16H16N6O2S/c1-4-25(23,24)13-12(20-22-7-5-6-17-16(13)22)15-19-11-8-10(2)9-18-14(11)21(15)3/h5-9H,4H2,1-3H3. The van der Waals surface area contributed by atoms with E-state index in [2.05, 4.69) is 20.1 Å². The number of aryl methyl sites for hydroxylation is 2. The molecule has 0 saturated carbocycles. The van der Waals surface area contributed by atoms with E-state index >= 15 is 0 Å². The number of hydrogen-bond acceptors (Lipinski definition) is 6. The van der Waals surface area contributed by atoms with Gasteiger partial charge in [0.1, 0.15) is 16.1 Å². The Morgan fingerprint density at radius 2 is 2.00 bits per heavy atom. The molecule has 0 bridgehead atoms. The van der Waals surface area contributed by atoms with Crippen LogP contribution in [0.25, 0.3) is 28.3 Å². The van der Waals surface area contributed by atoms with Gasteiger partial charge in [0.25, 0.3) is 0 Å². The molecule has 0 aliphatic carbocycles. The van der Waals surface area contributed by atoms with Crippen molar-refractivity contribution in [3.8, 4) is 11.5 Å². The normalized spacial score (nSPS) is 12.3. The van der Waals surface area contributed by atoms with Crippen molar-refractivity contribution < 1.29 is 8.42 Å². The molecule has 4 aromatic rings. The summed E-state index contributed by atoms with van der Waals surface area (Å²) in [5.74, 6) is 0.407. The third-order valence-corrected chi connectivity index (χ3v) is 5.86. The summed E-state index contributed by atoms with van der Waals surface area (Å²) in [6.45, 7) is 3.54. The van der Waals surface area contributed by atoms with Crippen molar-refractivity contribution in [2.24, 2.45) is 7.05 Å². The molecule has 25 heavy (non-hydrogen) atoms. The molecule has 4 heterocycles. The molecular formula is C16H16N6O2S. The fourth-order valence-corrected chi connectivity index (χ4v) is 3.97. The average Bonchev–Trinajstić information content (AvgIpc) is 3.13. The van der Waals surface area contributed by atoms with Crippen LogP contribution in [0.5, 0.6) is 0 Å². The largest absolute Gasteiger partial charge is 0.310 e. The minimum absolute atomic E-state index is 0.0424. The van der Waals surface area contributed by atoms with Gasteiger partial charge in [-0.1, -0.05) is 6.92 Å². The van der Waals surface area contributed by atoms with Gasteiger partial charge in [0.15, 0.2) is 27.0 Å². The topological polar surface area (TPSA) is 95.0 Å². The lowest BCUT2D eigenvalue weighted by molar-refractivity contribution is 0.598. The van der Waals surface area contributed by atoms with Crippen LogP contribution < -0.4 is 0 Å². The first-order valence-corrected chi connectivity index (χ1v) is 9.43. The van der Waals surface area contributed by atoms with Gasteiger partial charge in [0, 0.05) is 25.6 Å². The third kappa shape index (κ3) is 2.30. The van der Waals surface area contributed by atoms with Gasteiger partial charge in [-0.05, 0) is 24.6 Å². The molecular weight excluding hydrogens is 340 g/mol. The molecule has 0 unspecified atom stereocenters. The van der Waals surface area contributed by atoms with Gasteiger partial charge >= 0.3 is 0 Å². The highest BCUT2D eigenvalue weighted by atomic mass is 32.2. The highest BCUT2D eigenvalue weighted by Gasteiger charge is 2.29. The van der Waals surface area contributed by atoms with E-state index in [9.17, 15) is 8.42 Å². The number of aromatic nitrogens is 6. The first-order valence-electron chi connectivity index (χ1n) is 7.78. The van der Waals surface area contributed by atoms with E-state index in [1.54, 1.807) is 43.2 Å². The Kier molecular flexibility index (Phi) is 3.36. The molecule has 8 nitrogen and oxygen atoms in total. The fraction of sp³-hybridized carbons (Fsp3) is 0.250. The van der Waals surface area contributed by atoms with Crippen molar-refractivity contribution in [2.75, 3.05) is 5.75 Å². The van der Waals surface area contributed by atoms with Crippen molar-refractivity contribution in [3.05, 3.63) is 36.3 Å². The van der Waals surface area contributed by atoms with Crippen molar-refractivity contribution in [3.63, 3.8) is 0 Å². The van der Waals surface area contributed by atoms with Crippen LogP contribution >= 0.6 is 0 Å². The van der Waals surface area contributed by atoms with E-state index < -0.39 is 9.84 Å². The molecule has 0 atom stereocenters. The van der Waals surface area contributed by atoms with E-state index in [0.29, 0.717) is 28.3 Å². The Morgan fingerprint density at radius 1 is 1.20 bits per heavy atom. The van der Waals surface area contributed by atoms with Crippen LogP contribution in [0.2, 0.25) is 0 Å². The number of pyridine rings is 1. The first-order chi connectivity index (χ1) is 11.9. The third-order valence-electron chi connectivity index (χ3n) is 4.10. The van der Waals surface area contributed by atoms with Gasteiger partial charge in [-0.2, -0.15) is 5.10 Å². The van der Waals surface area contributed by atoms with Crippen LogP contribution in [0.3, 0.4) is 0 Å². The molecule has 128 valence electrons. The highest BCUT2D eigenvalue weighted by Crippen LogP contribution is 2.31. The number of rotatable bonds is 3. The van der Waals surface area contributed by atoms with Gasteiger partial charge in [-0.25, -0.2) is 27.9 Å². The predicted octanol–water partition coefficient (Wildman–Crippen LogP) is 1.78. The monoisotopic (exact) mass is 356 g/mol. The molecule has 4 aromatic heterocycles. The van der Waals surface area contributed by atoms with Gasteiger partial charge < -0.3 is 4.57 Å². The quantitative estimate of drug-likeness (QED) is 0.555. The summed E-state index contributed by atoms with van der Waals surface area (Å²) < 4.78 is 28.6. The molecule has 0 aromatic carbocycles. The van der Waals surface area contributed by atoms with Crippen LogP contribution in [-0.4, -0.2) is 43.3 Å². The summed E-state index contributed by atoms with van der Waals surface area (Å²) in [5.41, 5.74) is 2.94. The second-order valence-corrected chi connectivity index (χ2v) is 8.03. The highest BCUT2D eigenvalue weighted by molar-refractivity contribution is 7.91. The number of imidazole rings is 1. The van der Waals surface area contributed by atoms with Crippen molar-refractivity contribution in [1.29, 1.82) is 0 Å². The SMILES string of the molecule is CCS(=O)(=O)c1c(-c2nc3cc(C)cnc3n2C)nn2cccnc12. The minimum atomic E-state index is -3.54. The Morgan fingerprint density at radius 3 is 2.76 bits per heavy atom. The Balaban J connectivity index is 2.11. The van der Waals surface area contributed by atoms with Gasteiger partial charge in [-0.3, -0.25) is 0 Å². The summed E-state index contributed by atoms with van der Waals surface area (Å²) in [6, 6.07) is 3.61. The lowest BCUT2D eigenvalue weighted by Crippen LogP contribution is -2.06. The molecule has 0 saturated heterocycles. The number of hydrogen-bond donors (Lipinski definition) is 0. The molecule has 0 radical (unpaired) electrons. The number of fused-ring (bicyclic) bond motifs is 2. The van der Waals surface area contributed by atoms with Crippen LogP contribution in [0.1, 0.15) is 12.5 Å². The van der Waals surface area contributed by atoms with Crippen molar-refractivity contribution >= 4 is 26.6 Å². The van der Waals surface area contributed by atoms with Crippen LogP contribution in [-0.2, 0) is 16.9 Å².